The van der Waals surface area contributed by atoms with Gasteiger partial charge in [0.25, 0.3) is 0 Å². The molecule has 236 valence electrons. The Hall–Kier alpha value is -3.46. The summed E-state index contributed by atoms with van der Waals surface area (Å²) in [4.78, 5) is 8.03. The van der Waals surface area contributed by atoms with Gasteiger partial charge in [0.2, 0.25) is 0 Å². The van der Waals surface area contributed by atoms with Gasteiger partial charge in [0.1, 0.15) is 21.5 Å². The van der Waals surface area contributed by atoms with E-state index >= 15 is 0 Å². The van der Waals surface area contributed by atoms with Crippen molar-refractivity contribution >= 4 is 32.4 Å². The van der Waals surface area contributed by atoms with Crippen molar-refractivity contribution in [2.45, 2.75) is 72.1 Å². The van der Waals surface area contributed by atoms with Gasteiger partial charge in [-0.1, -0.05) is 45.0 Å². The molecule has 6 nitrogen and oxygen atoms in total. The van der Waals surface area contributed by atoms with E-state index in [1.54, 1.807) is 12.1 Å². The lowest BCUT2D eigenvalue weighted by molar-refractivity contribution is 0.131. The van der Waals surface area contributed by atoms with Crippen LogP contribution in [-0.2, 0) is 26.4 Å². The molecule has 0 aliphatic rings. The Kier molecular flexibility index (Phi) is 11.2. The minimum absolute atomic E-state index is 0.0365. The maximum absolute atomic E-state index is 10.6. The third-order valence-corrected chi connectivity index (χ3v) is 9.68. The number of benzene rings is 4. The molecule has 0 aromatic heterocycles. The SMILES string of the molecule is CC(C)(C)c1ccc(S(=O)(=O)[O-])cc1.CN(C)c1cccc([S+](c2ccc(OC(C)(C)C)cc2)c2cccc(N(C)C)c2)c1. The fraction of sp³-hybridized carbons (Fsp3) is 0.333. The molecule has 0 bridgehead atoms. The summed E-state index contributed by atoms with van der Waals surface area (Å²) in [5.74, 6) is 0.902. The quantitative estimate of drug-likeness (QED) is 0.152. The molecule has 0 atom stereocenters. The molecule has 0 aliphatic carbocycles. The van der Waals surface area contributed by atoms with Crippen molar-refractivity contribution in [1.29, 1.82) is 0 Å². The van der Waals surface area contributed by atoms with Crippen molar-refractivity contribution in [3.63, 3.8) is 0 Å². The van der Waals surface area contributed by atoms with Crippen LogP contribution >= 0.6 is 0 Å². The lowest BCUT2D eigenvalue weighted by Crippen LogP contribution is -2.22. The molecule has 0 saturated heterocycles. The zero-order valence-electron chi connectivity index (χ0n) is 27.6. The van der Waals surface area contributed by atoms with E-state index in [-0.39, 0.29) is 26.8 Å². The summed E-state index contributed by atoms with van der Waals surface area (Å²) in [6, 6.07) is 32.3. The summed E-state index contributed by atoms with van der Waals surface area (Å²) in [6.45, 7) is 12.3. The zero-order chi connectivity index (χ0) is 32.9. The topological polar surface area (TPSA) is 72.9 Å². The number of ether oxygens (including phenoxy) is 1. The Morgan fingerprint density at radius 1 is 0.636 bits per heavy atom. The average molecular weight is 635 g/mol. The standard InChI is InChI=1S/C26H33N2OS.C10H14O3S/c1-26(2,3)29-22-14-16-23(17-15-22)30(24-12-8-10-20(18-24)27(4)5)25-13-9-11-21(19-25)28(6)7;1-10(2,3)8-4-6-9(7-5-8)14(11,12)13/h8-19H,1-7H3;4-7H,1-3H3,(H,11,12,13)/q+1;/p-1. The molecule has 0 aliphatic heterocycles. The molecule has 0 saturated carbocycles. The summed E-state index contributed by atoms with van der Waals surface area (Å²) in [6.07, 6.45) is 0. The molecule has 0 spiro atoms. The van der Waals surface area contributed by atoms with E-state index in [1.165, 1.54) is 38.2 Å². The maximum atomic E-state index is 10.6. The molecule has 0 unspecified atom stereocenters. The van der Waals surface area contributed by atoms with E-state index in [0.717, 1.165) is 11.3 Å². The fourth-order valence-electron chi connectivity index (χ4n) is 4.30. The van der Waals surface area contributed by atoms with Crippen molar-refractivity contribution in [3.05, 3.63) is 103 Å². The first-order valence-corrected chi connectivity index (χ1v) is 17.1. The van der Waals surface area contributed by atoms with E-state index in [9.17, 15) is 13.0 Å². The third-order valence-electron chi connectivity index (χ3n) is 6.63. The predicted molar refractivity (Wildman–Crippen MR) is 184 cm³/mol. The maximum Gasteiger partial charge on any atom is 0.168 e. The van der Waals surface area contributed by atoms with Crippen LogP contribution < -0.4 is 14.5 Å². The molecule has 8 heteroatoms. The van der Waals surface area contributed by atoms with Crippen LogP contribution in [0.1, 0.15) is 47.1 Å². The summed E-state index contributed by atoms with van der Waals surface area (Å²) >= 11 is 0. The van der Waals surface area contributed by atoms with Crippen molar-refractivity contribution in [3.8, 4) is 5.75 Å². The summed E-state index contributed by atoms with van der Waals surface area (Å²) in [5.41, 5.74) is 3.18. The molecule has 4 aromatic carbocycles. The molecular weight excluding hydrogens is 589 g/mol. The van der Waals surface area contributed by atoms with E-state index in [1.807, 2.05) is 20.8 Å². The summed E-state index contributed by atoms with van der Waals surface area (Å²) in [5, 5.41) is 0. The number of anilines is 2. The molecule has 0 fully saturated rings. The second kappa shape index (κ2) is 14.1. The minimum Gasteiger partial charge on any atom is -0.744 e. The molecule has 0 radical (unpaired) electrons. The first kappa shape index (κ1) is 35.0. The highest BCUT2D eigenvalue weighted by atomic mass is 32.2. The van der Waals surface area contributed by atoms with Gasteiger partial charge in [-0.25, -0.2) is 8.42 Å². The number of hydrogen-bond acceptors (Lipinski definition) is 6. The lowest BCUT2D eigenvalue weighted by atomic mass is 9.87. The fourth-order valence-corrected chi connectivity index (χ4v) is 6.91. The molecule has 4 aromatic rings. The van der Waals surface area contributed by atoms with Gasteiger partial charge in [-0.15, -0.1) is 0 Å². The van der Waals surface area contributed by atoms with Crippen LogP contribution in [0.4, 0.5) is 11.4 Å². The van der Waals surface area contributed by atoms with Gasteiger partial charge in [0, 0.05) is 51.7 Å². The predicted octanol–water partition coefficient (Wildman–Crippen LogP) is 7.98. The largest absolute Gasteiger partial charge is 0.744 e. The van der Waals surface area contributed by atoms with Crippen LogP contribution in [0.2, 0.25) is 0 Å². The minimum atomic E-state index is -4.32. The van der Waals surface area contributed by atoms with Crippen molar-refractivity contribution < 1.29 is 17.7 Å². The Morgan fingerprint density at radius 2 is 1.09 bits per heavy atom. The van der Waals surface area contributed by atoms with Gasteiger partial charge in [0.15, 0.2) is 14.7 Å². The van der Waals surface area contributed by atoms with Crippen molar-refractivity contribution in [1.82, 2.24) is 0 Å². The molecular formula is C36H46N2O4S2. The van der Waals surface area contributed by atoms with Gasteiger partial charge < -0.3 is 19.1 Å². The van der Waals surface area contributed by atoms with Crippen molar-refractivity contribution in [2.75, 3.05) is 38.0 Å². The van der Waals surface area contributed by atoms with Gasteiger partial charge in [-0.3, -0.25) is 0 Å². The molecule has 44 heavy (non-hydrogen) atoms. The molecule has 4 rings (SSSR count). The Labute approximate surface area is 267 Å². The normalized spacial score (nSPS) is 11.9. The van der Waals surface area contributed by atoms with Gasteiger partial charge in [-0.05, 0) is 92.4 Å². The van der Waals surface area contributed by atoms with Crippen LogP contribution in [0.25, 0.3) is 0 Å². The van der Waals surface area contributed by atoms with Crippen LogP contribution in [0, 0.1) is 0 Å². The Balaban J connectivity index is 0.000000317. The third kappa shape index (κ3) is 10.0. The van der Waals surface area contributed by atoms with Gasteiger partial charge in [-0.2, -0.15) is 0 Å². The van der Waals surface area contributed by atoms with E-state index in [4.69, 9.17) is 4.74 Å². The van der Waals surface area contributed by atoms with Crippen molar-refractivity contribution in [2.24, 2.45) is 0 Å². The monoisotopic (exact) mass is 634 g/mol. The molecule has 0 N–H and O–H groups in total. The average Bonchev–Trinajstić information content (AvgIpc) is 2.93. The first-order valence-electron chi connectivity index (χ1n) is 14.5. The highest BCUT2D eigenvalue weighted by molar-refractivity contribution is 7.97. The van der Waals surface area contributed by atoms with Crippen LogP contribution in [0.3, 0.4) is 0 Å². The highest BCUT2D eigenvalue weighted by Crippen LogP contribution is 2.35. The summed E-state index contributed by atoms with van der Waals surface area (Å²) in [7, 11) is 3.82. The van der Waals surface area contributed by atoms with Gasteiger partial charge in [0.05, 0.1) is 15.8 Å². The van der Waals surface area contributed by atoms with Crippen LogP contribution in [0.5, 0.6) is 5.75 Å². The molecule has 0 heterocycles. The number of nitrogens with zero attached hydrogens (tertiary/aromatic N) is 2. The number of rotatable bonds is 7. The van der Waals surface area contributed by atoms with E-state index in [0.29, 0.717) is 0 Å². The highest BCUT2D eigenvalue weighted by Gasteiger charge is 2.30. The second-order valence-electron chi connectivity index (χ2n) is 13.0. The van der Waals surface area contributed by atoms with Gasteiger partial charge >= 0.3 is 0 Å². The van der Waals surface area contributed by atoms with E-state index in [2.05, 4.69) is 132 Å². The Morgan fingerprint density at radius 3 is 1.45 bits per heavy atom. The molecule has 0 amide bonds. The van der Waals surface area contributed by atoms with Crippen LogP contribution in [0.15, 0.2) is 117 Å². The first-order chi connectivity index (χ1) is 20.3. The van der Waals surface area contributed by atoms with E-state index < -0.39 is 10.1 Å². The zero-order valence-corrected chi connectivity index (χ0v) is 29.2. The lowest BCUT2D eigenvalue weighted by Gasteiger charge is -2.21. The Bertz CT molecular complexity index is 1570. The number of hydrogen-bond donors (Lipinski definition) is 0. The van der Waals surface area contributed by atoms with Crippen LogP contribution in [-0.4, -0.2) is 46.8 Å². The second-order valence-corrected chi connectivity index (χ2v) is 16.4. The smallest absolute Gasteiger partial charge is 0.168 e. The summed E-state index contributed by atoms with van der Waals surface area (Å²) < 4.78 is 38.0.